The normalized spacial score (nSPS) is 12.6. The zero-order chi connectivity index (χ0) is 15.6. The molecule has 0 radical (unpaired) electrons. The zero-order valence-electron chi connectivity index (χ0n) is 13.8. The second-order valence-corrected chi connectivity index (χ2v) is 8.06. The number of nitrogens with zero attached hydrogens (tertiary/aromatic N) is 2. The summed E-state index contributed by atoms with van der Waals surface area (Å²) >= 11 is 6.24. The van der Waals surface area contributed by atoms with E-state index in [0.29, 0.717) is 0 Å². The van der Waals surface area contributed by atoms with Gasteiger partial charge in [-0.25, -0.2) is 4.98 Å². The van der Waals surface area contributed by atoms with Crippen molar-refractivity contribution in [3.05, 3.63) is 22.8 Å². The Labute approximate surface area is 128 Å². The maximum absolute atomic E-state index is 6.24. The van der Waals surface area contributed by atoms with Crippen molar-refractivity contribution in [1.82, 2.24) is 10.3 Å². The van der Waals surface area contributed by atoms with Gasteiger partial charge in [-0.3, -0.25) is 0 Å². The maximum atomic E-state index is 6.24. The zero-order valence-corrected chi connectivity index (χ0v) is 14.6. The van der Waals surface area contributed by atoms with Crippen LogP contribution in [0.3, 0.4) is 0 Å². The monoisotopic (exact) mass is 297 g/mol. The van der Waals surface area contributed by atoms with Crippen LogP contribution in [0.1, 0.15) is 47.1 Å². The SMILES string of the molecule is CN(CC(C)(C)C)c1cc(CNC(C)(C)C)c(Cl)cn1. The molecule has 0 bridgehead atoms. The molecule has 20 heavy (non-hydrogen) atoms. The van der Waals surface area contributed by atoms with Crippen molar-refractivity contribution in [2.24, 2.45) is 5.41 Å². The van der Waals surface area contributed by atoms with E-state index in [9.17, 15) is 0 Å². The van der Waals surface area contributed by atoms with E-state index >= 15 is 0 Å². The molecule has 0 amide bonds. The summed E-state index contributed by atoms with van der Waals surface area (Å²) in [7, 11) is 2.07. The Bertz CT molecular complexity index is 444. The molecule has 0 aliphatic carbocycles. The van der Waals surface area contributed by atoms with Gasteiger partial charge in [-0.1, -0.05) is 32.4 Å². The fourth-order valence-electron chi connectivity index (χ4n) is 1.96. The molecular formula is C16H28ClN3. The van der Waals surface area contributed by atoms with Crippen LogP contribution in [-0.2, 0) is 6.54 Å². The molecule has 0 fully saturated rings. The van der Waals surface area contributed by atoms with Crippen LogP contribution in [0, 0.1) is 5.41 Å². The Morgan fingerprint density at radius 3 is 2.30 bits per heavy atom. The van der Waals surface area contributed by atoms with E-state index in [-0.39, 0.29) is 11.0 Å². The van der Waals surface area contributed by atoms with Gasteiger partial charge >= 0.3 is 0 Å². The molecule has 0 atom stereocenters. The lowest BCUT2D eigenvalue weighted by Gasteiger charge is -2.28. The van der Waals surface area contributed by atoms with Crippen LogP contribution in [-0.4, -0.2) is 24.1 Å². The molecule has 0 saturated carbocycles. The largest absolute Gasteiger partial charge is 0.359 e. The summed E-state index contributed by atoms with van der Waals surface area (Å²) in [5.74, 6) is 0.968. The fourth-order valence-corrected chi connectivity index (χ4v) is 2.14. The van der Waals surface area contributed by atoms with Crippen LogP contribution in [0.4, 0.5) is 5.82 Å². The molecular weight excluding hydrogens is 270 g/mol. The highest BCUT2D eigenvalue weighted by atomic mass is 35.5. The predicted octanol–water partition coefficient (Wildman–Crippen LogP) is 4.11. The van der Waals surface area contributed by atoms with Crippen LogP contribution in [0.5, 0.6) is 0 Å². The van der Waals surface area contributed by atoms with E-state index in [2.05, 4.69) is 69.9 Å². The molecule has 1 aromatic rings. The van der Waals surface area contributed by atoms with Crippen molar-refractivity contribution in [3.8, 4) is 0 Å². The maximum Gasteiger partial charge on any atom is 0.128 e. The molecule has 4 heteroatoms. The number of halogens is 1. The molecule has 1 rings (SSSR count). The van der Waals surface area contributed by atoms with Gasteiger partial charge in [-0.05, 0) is 37.8 Å². The van der Waals surface area contributed by atoms with Crippen molar-refractivity contribution in [2.75, 3.05) is 18.5 Å². The summed E-state index contributed by atoms with van der Waals surface area (Å²) in [6.07, 6.45) is 1.75. The average molecular weight is 298 g/mol. The molecule has 3 nitrogen and oxygen atoms in total. The van der Waals surface area contributed by atoms with Crippen molar-refractivity contribution in [1.29, 1.82) is 0 Å². The molecule has 0 aliphatic heterocycles. The number of anilines is 1. The van der Waals surface area contributed by atoms with E-state index in [0.717, 1.165) is 29.5 Å². The Kier molecular flexibility index (Phi) is 5.45. The molecule has 1 aromatic heterocycles. The first kappa shape index (κ1) is 17.3. The van der Waals surface area contributed by atoms with Gasteiger partial charge in [0.15, 0.2) is 0 Å². The third-order valence-electron chi connectivity index (χ3n) is 2.83. The third kappa shape index (κ3) is 6.10. The highest BCUT2D eigenvalue weighted by Crippen LogP contribution is 2.23. The van der Waals surface area contributed by atoms with Gasteiger partial charge in [0.25, 0.3) is 0 Å². The van der Waals surface area contributed by atoms with E-state index in [1.807, 2.05) is 0 Å². The van der Waals surface area contributed by atoms with Gasteiger partial charge in [0.1, 0.15) is 5.82 Å². The van der Waals surface area contributed by atoms with E-state index in [4.69, 9.17) is 11.6 Å². The molecule has 0 unspecified atom stereocenters. The Hall–Kier alpha value is -0.800. The molecule has 1 heterocycles. The lowest BCUT2D eigenvalue weighted by Crippen LogP contribution is -2.35. The van der Waals surface area contributed by atoms with Crippen molar-refractivity contribution in [2.45, 2.75) is 53.6 Å². The number of hydrogen-bond acceptors (Lipinski definition) is 3. The number of rotatable bonds is 4. The molecule has 0 spiro atoms. The van der Waals surface area contributed by atoms with E-state index in [1.54, 1.807) is 6.20 Å². The quantitative estimate of drug-likeness (QED) is 0.906. The predicted molar refractivity (Wildman–Crippen MR) is 88.6 cm³/mol. The number of aromatic nitrogens is 1. The summed E-state index contributed by atoms with van der Waals surface area (Å²) in [4.78, 5) is 6.61. The van der Waals surface area contributed by atoms with Gasteiger partial charge in [0.2, 0.25) is 0 Å². The Balaban J connectivity index is 2.85. The lowest BCUT2D eigenvalue weighted by molar-refractivity contribution is 0.417. The Morgan fingerprint density at radius 1 is 1.20 bits per heavy atom. The Morgan fingerprint density at radius 2 is 1.80 bits per heavy atom. The topological polar surface area (TPSA) is 28.2 Å². The van der Waals surface area contributed by atoms with E-state index < -0.39 is 0 Å². The third-order valence-corrected chi connectivity index (χ3v) is 3.17. The first-order valence-electron chi connectivity index (χ1n) is 7.08. The minimum atomic E-state index is 0.0735. The van der Waals surface area contributed by atoms with Crippen LogP contribution in [0.15, 0.2) is 12.3 Å². The van der Waals surface area contributed by atoms with Crippen molar-refractivity contribution < 1.29 is 0 Å². The summed E-state index contributed by atoms with van der Waals surface area (Å²) in [5, 5.41) is 4.18. The van der Waals surface area contributed by atoms with Gasteiger partial charge < -0.3 is 10.2 Å². The molecule has 1 N–H and O–H groups in total. The lowest BCUT2D eigenvalue weighted by atomic mass is 9.96. The van der Waals surface area contributed by atoms with Crippen LogP contribution in [0.25, 0.3) is 0 Å². The summed E-state index contributed by atoms with van der Waals surface area (Å²) in [5.41, 5.74) is 1.40. The highest BCUT2D eigenvalue weighted by molar-refractivity contribution is 6.31. The summed E-state index contributed by atoms with van der Waals surface area (Å²) in [6, 6.07) is 2.08. The first-order valence-corrected chi connectivity index (χ1v) is 7.46. The van der Waals surface area contributed by atoms with Crippen LogP contribution >= 0.6 is 11.6 Å². The van der Waals surface area contributed by atoms with Crippen molar-refractivity contribution in [3.63, 3.8) is 0 Å². The second-order valence-electron chi connectivity index (χ2n) is 7.65. The average Bonchev–Trinajstić information content (AvgIpc) is 2.24. The highest BCUT2D eigenvalue weighted by Gasteiger charge is 2.16. The number of pyridine rings is 1. The first-order chi connectivity index (χ1) is 8.98. The standard InChI is InChI=1S/C16H28ClN3/c1-15(2,3)11-20(7)14-8-12(13(17)10-18-14)9-19-16(4,5)6/h8,10,19H,9,11H2,1-7H3. The molecule has 0 saturated heterocycles. The van der Waals surface area contributed by atoms with Gasteiger partial charge in [0.05, 0.1) is 5.02 Å². The van der Waals surface area contributed by atoms with Crippen LogP contribution < -0.4 is 10.2 Å². The summed E-state index contributed by atoms with van der Waals surface area (Å²) < 4.78 is 0. The molecule has 0 aromatic carbocycles. The van der Waals surface area contributed by atoms with Crippen molar-refractivity contribution >= 4 is 17.4 Å². The van der Waals surface area contributed by atoms with Crippen LogP contribution in [0.2, 0.25) is 5.02 Å². The minimum absolute atomic E-state index is 0.0735. The second kappa shape index (κ2) is 6.31. The van der Waals surface area contributed by atoms with Gasteiger partial charge in [-0.15, -0.1) is 0 Å². The number of hydrogen-bond donors (Lipinski definition) is 1. The fraction of sp³-hybridized carbons (Fsp3) is 0.688. The molecule has 0 aliphatic rings. The van der Waals surface area contributed by atoms with E-state index in [1.165, 1.54) is 0 Å². The summed E-state index contributed by atoms with van der Waals surface area (Å²) in [6.45, 7) is 14.8. The van der Waals surface area contributed by atoms with Gasteiger partial charge in [0, 0.05) is 31.9 Å². The molecule has 114 valence electrons. The number of nitrogens with one attached hydrogen (secondary N) is 1. The van der Waals surface area contributed by atoms with Gasteiger partial charge in [-0.2, -0.15) is 0 Å². The minimum Gasteiger partial charge on any atom is -0.359 e. The smallest absolute Gasteiger partial charge is 0.128 e.